The van der Waals surface area contributed by atoms with Crippen LogP contribution in [0, 0.1) is 5.92 Å². The first kappa shape index (κ1) is 15.7. The van der Waals surface area contributed by atoms with Gasteiger partial charge in [0.2, 0.25) is 10.0 Å². The average molecular weight is 346 g/mol. The van der Waals surface area contributed by atoms with E-state index in [0.717, 1.165) is 23.1 Å². The van der Waals surface area contributed by atoms with E-state index in [1.54, 1.807) is 11.2 Å². The van der Waals surface area contributed by atoms with Crippen LogP contribution in [0.1, 0.15) is 31.9 Å². The SMILES string of the molecule is CCS(=O)(=O)N1CC[C@@H](C)[C@H](c2ccc3cnc4[nH]ccc4n23)C1. The second-order valence-corrected chi connectivity index (χ2v) is 8.88. The van der Waals surface area contributed by atoms with Crippen molar-refractivity contribution in [2.75, 3.05) is 18.8 Å². The normalized spacial score (nSPS) is 23.2. The number of fused-ring (bicyclic) bond motifs is 3. The van der Waals surface area contributed by atoms with E-state index in [-0.39, 0.29) is 11.7 Å². The summed E-state index contributed by atoms with van der Waals surface area (Å²) in [7, 11) is -3.15. The van der Waals surface area contributed by atoms with Gasteiger partial charge < -0.3 is 9.38 Å². The third-order valence-corrected chi connectivity index (χ3v) is 7.12. The summed E-state index contributed by atoms with van der Waals surface area (Å²) in [5, 5.41) is 0. The average Bonchev–Trinajstić information content (AvgIpc) is 3.20. The van der Waals surface area contributed by atoms with Gasteiger partial charge in [0, 0.05) is 30.9 Å². The lowest BCUT2D eigenvalue weighted by molar-refractivity contribution is 0.248. The molecule has 128 valence electrons. The van der Waals surface area contributed by atoms with Crippen molar-refractivity contribution in [2.24, 2.45) is 5.92 Å². The van der Waals surface area contributed by atoms with Gasteiger partial charge >= 0.3 is 0 Å². The molecule has 2 atom stereocenters. The number of rotatable bonds is 3. The Hall–Kier alpha value is -1.86. The van der Waals surface area contributed by atoms with Gasteiger partial charge in [0.25, 0.3) is 0 Å². The van der Waals surface area contributed by atoms with Crippen LogP contribution in [0.5, 0.6) is 0 Å². The number of hydrogen-bond acceptors (Lipinski definition) is 3. The van der Waals surface area contributed by atoms with Crippen molar-refractivity contribution < 1.29 is 8.42 Å². The van der Waals surface area contributed by atoms with Crippen molar-refractivity contribution in [1.29, 1.82) is 0 Å². The Bertz CT molecular complexity index is 989. The summed E-state index contributed by atoms with van der Waals surface area (Å²) in [6, 6.07) is 6.20. The van der Waals surface area contributed by atoms with Crippen LogP contribution >= 0.6 is 0 Å². The van der Waals surface area contributed by atoms with E-state index in [4.69, 9.17) is 0 Å². The van der Waals surface area contributed by atoms with E-state index >= 15 is 0 Å². The van der Waals surface area contributed by atoms with Crippen molar-refractivity contribution >= 4 is 26.7 Å². The monoisotopic (exact) mass is 346 g/mol. The van der Waals surface area contributed by atoms with E-state index in [0.29, 0.717) is 19.0 Å². The standard InChI is InChI=1S/C17H22N4O2S/c1-3-24(22,23)20-9-7-12(2)14(11-20)15-5-4-13-10-19-17-16(21(13)15)6-8-18-17/h4-6,8,10,12,14,18H,3,7,9,11H2,1-2H3/t12-,14-/m1/s1. The minimum Gasteiger partial charge on any atom is -0.345 e. The summed E-state index contributed by atoms with van der Waals surface area (Å²) in [6.45, 7) is 5.11. The highest BCUT2D eigenvalue weighted by Gasteiger charge is 2.34. The molecule has 24 heavy (non-hydrogen) atoms. The summed E-state index contributed by atoms with van der Waals surface area (Å²) >= 11 is 0. The van der Waals surface area contributed by atoms with Crippen LogP contribution in [0.25, 0.3) is 16.7 Å². The zero-order valence-corrected chi connectivity index (χ0v) is 14.8. The van der Waals surface area contributed by atoms with E-state index in [1.807, 2.05) is 18.5 Å². The predicted octanol–water partition coefficient (Wildman–Crippen LogP) is 2.59. The minimum atomic E-state index is -3.15. The lowest BCUT2D eigenvalue weighted by Crippen LogP contribution is -2.43. The third-order valence-electron chi connectivity index (χ3n) is 5.27. The van der Waals surface area contributed by atoms with Gasteiger partial charge in [0.05, 0.1) is 23.0 Å². The Balaban J connectivity index is 1.82. The van der Waals surface area contributed by atoms with Crippen molar-refractivity contribution in [2.45, 2.75) is 26.2 Å². The molecular weight excluding hydrogens is 324 g/mol. The molecule has 7 heteroatoms. The van der Waals surface area contributed by atoms with E-state index in [2.05, 4.69) is 33.4 Å². The summed E-state index contributed by atoms with van der Waals surface area (Å²) in [4.78, 5) is 7.58. The summed E-state index contributed by atoms with van der Waals surface area (Å²) < 4.78 is 28.5. The molecule has 1 fully saturated rings. The van der Waals surface area contributed by atoms with Crippen molar-refractivity contribution in [3.63, 3.8) is 0 Å². The molecule has 0 radical (unpaired) electrons. The number of piperidine rings is 1. The van der Waals surface area contributed by atoms with E-state index in [9.17, 15) is 8.42 Å². The predicted molar refractivity (Wildman–Crippen MR) is 94.6 cm³/mol. The maximum absolute atomic E-state index is 12.3. The van der Waals surface area contributed by atoms with Gasteiger partial charge in [-0.3, -0.25) is 0 Å². The van der Waals surface area contributed by atoms with Crippen LogP contribution in [-0.4, -0.2) is 45.9 Å². The number of aromatic nitrogens is 3. The largest absolute Gasteiger partial charge is 0.345 e. The second-order valence-electron chi connectivity index (χ2n) is 6.62. The van der Waals surface area contributed by atoms with Gasteiger partial charge in [0.1, 0.15) is 0 Å². The molecule has 0 spiro atoms. The van der Waals surface area contributed by atoms with Gasteiger partial charge in [-0.25, -0.2) is 17.7 Å². The second kappa shape index (κ2) is 5.60. The Morgan fingerprint density at radius 3 is 2.96 bits per heavy atom. The van der Waals surface area contributed by atoms with Crippen LogP contribution in [0.3, 0.4) is 0 Å². The molecule has 1 N–H and O–H groups in total. The van der Waals surface area contributed by atoms with Crippen LogP contribution in [0.2, 0.25) is 0 Å². The quantitative estimate of drug-likeness (QED) is 0.792. The molecule has 3 aromatic rings. The molecule has 4 rings (SSSR count). The highest BCUT2D eigenvalue weighted by atomic mass is 32.2. The third kappa shape index (κ3) is 2.34. The van der Waals surface area contributed by atoms with Crippen LogP contribution in [0.4, 0.5) is 0 Å². The molecule has 1 aliphatic rings. The maximum atomic E-state index is 12.3. The molecule has 0 bridgehead atoms. The zero-order chi connectivity index (χ0) is 16.9. The first-order valence-electron chi connectivity index (χ1n) is 8.42. The highest BCUT2D eigenvalue weighted by Crippen LogP contribution is 2.35. The molecule has 0 unspecified atom stereocenters. The van der Waals surface area contributed by atoms with Gasteiger partial charge in [-0.05, 0) is 37.5 Å². The van der Waals surface area contributed by atoms with Crippen LogP contribution in [-0.2, 0) is 10.0 Å². The molecule has 0 aromatic carbocycles. The molecule has 0 saturated carbocycles. The van der Waals surface area contributed by atoms with Crippen molar-refractivity contribution in [3.8, 4) is 0 Å². The zero-order valence-electron chi connectivity index (χ0n) is 13.9. The maximum Gasteiger partial charge on any atom is 0.213 e. The van der Waals surface area contributed by atoms with Crippen molar-refractivity contribution in [1.82, 2.24) is 18.7 Å². The molecule has 1 saturated heterocycles. The lowest BCUT2D eigenvalue weighted by atomic mass is 9.85. The summed E-state index contributed by atoms with van der Waals surface area (Å²) in [5.41, 5.74) is 4.09. The molecule has 0 amide bonds. The molecular formula is C17H22N4O2S. The van der Waals surface area contributed by atoms with Gasteiger partial charge in [-0.1, -0.05) is 6.92 Å². The number of nitrogens with one attached hydrogen (secondary N) is 1. The highest BCUT2D eigenvalue weighted by molar-refractivity contribution is 7.89. The number of sulfonamides is 1. The van der Waals surface area contributed by atoms with Crippen LogP contribution in [0.15, 0.2) is 30.6 Å². The van der Waals surface area contributed by atoms with Gasteiger partial charge in [0.15, 0.2) is 5.65 Å². The number of hydrogen-bond donors (Lipinski definition) is 1. The fraction of sp³-hybridized carbons (Fsp3) is 0.471. The fourth-order valence-electron chi connectivity index (χ4n) is 3.76. The smallest absolute Gasteiger partial charge is 0.213 e. The van der Waals surface area contributed by atoms with Crippen molar-refractivity contribution in [3.05, 3.63) is 36.3 Å². The molecule has 3 aromatic heterocycles. The fourth-order valence-corrected chi connectivity index (χ4v) is 4.90. The molecule has 1 aliphatic heterocycles. The van der Waals surface area contributed by atoms with E-state index in [1.165, 1.54) is 5.69 Å². The molecule has 4 heterocycles. The number of nitrogens with zero attached hydrogens (tertiary/aromatic N) is 3. The topological polar surface area (TPSA) is 70.5 Å². The van der Waals surface area contributed by atoms with Crippen LogP contribution < -0.4 is 0 Å². The summed E-state index contributed by atoms with van der Waals surface area (Å²) in [5.74, 6) is 0.784. The molecule has 0 aliphatic carbocycles. The first-order chi connectivity index (χ1) is 11.5. The Morgan fingerprint density at radius 2 is 2.17 bits per heavy atom. The first-order valence-corrected chi connectivity index (χ1v) is 10.0. The van der Waals surface area contributed by atoms with Gasteiger partial charge in [-0.2, -0.15) is 0 Å². The Kier molecular flexibility index (Phi) is 3.65. The Morgan fingerprint density at radius 1 is 1.33 bits per heavy atom. The van der Waals surface area contributed by atoms with Gasteiger partial charge in [-0.15, -0.1) is 0 Å². The minimum absolute atomic E-state index is 0.162. The van der Waals surface area contributed by atoms with E-state index < -0.39 is 10.0 Å². The number of H-pyrrole nitrogens is 1. The Labute approximate surface area is 141 Å². The summed E-state index contributed by atoms with van der Waals surface area (Å²) in [6.07, 6.45) is 4.63. The lowest BCUT2D eigenvalue weighted by Gasteiger charge is -2.36. The number of aromatic amines is 1. The molecule has 6 nitrogen and oxygen atoms in total.